The highest BCUT2D eigenvalue weighted by Gasteiger charge is 2.17. The number of anilines is 4. The summed E-state index contributed by atoms with van der Waals surface area (Å²) in [5.74, 6) is 3.72. The Labute approximate surface area is 244 Å². The van der Waals surface area contributed by atoms with Crippen LogP contribution in [0, 0.1) is 41.5 Å². The first kappa shape index (κ1) is 29.6. The van der Waals surface area contributed by atoms with E-state index in [-0.39, 0.29) is 0 Å². The van der Waals surface area contributed by atoms with Crippen LogP contribution in [0.2, 0.25) is 0 Å². The molecule has 0 aliphatic rings. The van der Waals surface area contributed by atoms with Crippen molar-refractivity contribution >= 4 is 45.4 Å². The van der Waals surface area contributed by atoms with Crippen molar-refractivity contribution < 1.29 is 0 Å². The number of benzene rings is 2. The van der Waals surface area contributed by atoms with E-state index >= 15 is 0 Å². The number of nitrogens with one attached hydrogen (secondary N) is 2. The van der Waals surface area contributed by atoms with Gasteiger partial charge in [-0.15, -0.1) is 10.2 Å². The van der Waals surface area contributed by atoms with Crippen LogP contribution in [0.25, 0.3) is 0 Å². The van der Waals surface area contributed by atoms with E-state index in [0.717, 1.165) is 37.7 Å². The number of aromatic nitrogens is 6. The molecular weight excluding hydrogens is 541 g/mol. The lowest BCUT2D eigenvalue weighted by Crippen LogP contribution is -2.28. The molecule has 0 unspecified atom stereocenters. The van der Waals surface area contributed by atoms with E-state index in [0.29, 0.717) is 23.8 Å². The van der Waals surface area contributed by atoms with Crippen LogP contribution in [-0.4, -0.2) is 55.0 Å². The second-order valence-corrected chi connectivity index (χ2v) is 13.0. The van der Waals surface area contributed by atoms with Crippen molar-refractivity contribution in [1.29, 1.82) is 0 Å². The molecule has 0 aliphatic heterocycles. The zero-order chi connectivity index (χ0) is 28.8. The minimum atomic E-state index is 0.325. The largest absolute Gasteiger partial charge is 0.368 e. The quantitative estimate of drug-likeness (QED) is 0.126. The number of hydrogen-bond donors (Lipinski definition) is 4. The average Bonchev–Trinajstić information content (AvgIpc) is 3.51. The first-order valence-electron chi connectivity index (χ1n) is 13.3. The van der Waals surface area contributed by atoms with Crippen LogP contribution in [0.1, 0.15) is 44.5 Å². The van der Waals surface area contributed by atoms with E-state index in [1.165, 1.54) is 44.5 Å². The number of hydrogen-bond acceptors (Lipinski definition) is 10. The summed E-state index contributed by atoms with van der Waals surface area (Å²) in [6.45, 7) is 16.0. The van der Waals surface area contributed by atoms with Crippen LogP contribution in [0.4, 0.5) is 23.8 Å². The maximum atomic E-state index is 5.85. The van der Waals surface area contributed by atoms with E-state index in [2.05, 4.69) is 106 Å². The molecule has 2 aromatic carbocycles. The molecule has 40 heavy (non-hydrogen) atoms. The third-order valence-electron chi connectivity index (χ3n) is 6.90. The Morgan fingerprint density at radius 2 is 0.975 bits per heavy atom. The molecule has 0 aliphatic carbocycles. The van der Waals surface area contributed by atoms with E-state index in [1.54, 1.807) is 0 Å². The molecule has 0 fully saturated rings. The molecule has 10 nitrogen and oxygen atoms in total. The summed E-state index contributed by atoms with van der Waals surface area (Å²) in [5, 5.41) is 14.2. The summed E-state index contributed by atoms with van der Waals surface area (Å²) < 4.78 is 0. The van der Waals surface area contributed by atoms with Gasteiger partial charge in [0.25, 0.3) is 0 Å². The Balaban J connectivity index is 1.35. The lowest BCUT2D eigenvalue weighted by atomic mass is 9.99. The van der Waals surface area contributed by atoms with Gasteiger partial charge in [-0.3, -0.25) is 0 Å². The molecule has 12 heteroatoms. The van der Waals surface area contributed by atoms with Crippen molar-refractivity contribution in [1.82, 2.24) is 30.4 Å². The molecule has 0 atom stereocenters. The fraction of sp³-hybridized carbons (Fsp3) is 0.429. The van der Waals surface area contributed by atoms with Gasteiger partial charge in [0.2, 0.25) is 23.8 Å². The second-order valence-electron chi connectivity index (χ2n) is 10.3. The highest BCUT2D eigenvalue weighted by molar-refractivity contribution is 8.76. The number of H-pyrrole nitrogens is 2. The molecule has 0 bridgehead atoms. The highest BCUT2D eigenvalue weighted by atomic mass is 33.1. The van der Waals surface area contributed by atoms with Crippen molar-refractivity contribution in [2.24, 2.45) is 0 Å². The molecular formula is C28H40N10S2. The van der Waals surface area contributed by atoms with Crippen LogP contribution in [0.5, 0.6) is 0 Å². The smallest absolute Gasteiger partial charge is 0.246 e. The Kier molecular flexibility index (Phi) is 9.85. The summed E-state index contributed by atoms with van der Waals surface area (Å²) >= 11 is 0. The number of nitrogens with two attached hydrogens (primary N) is 2. The van der Waals surface area contributed by atoms with Crippen LogP contribution in [0.15, 0.2) is 24.3 Å². The number of nitrogens with zero attached hydrogens (tertiary/aromatic N) is 6. The minimum absolute atomic E-state index is 0.325. The van der Waals surface area contributed by atoms with Crippen LogP contribution < -0.4 is 21.3 Å². The molecule has 6 N–H and O–H groups in total. The SMILES string of the molecule is Cc1cc(C)c(CN(CCSSCCN(Cc2c(C)cc(C)cc2C)c2n[nH]c(N)n2)c2n[nH]c(N)n2)c(C)c1. The number of nitrogen functional groups attached to an aromatic ring is 2. The lowest BCUT2D eigenvalue weighted by molar-refractivity contribution is 0.791. The molecule has 0 radical (unpaired) electrons. The first-order chi connectivity index (χ1) is 19.1. The zero-order valence-electron chi connectivity index (χ0n) is 24.2. The fourth-order valence-electron chi connectivity index (χ4n) is 5.03. The third-order valence-corrected chi connectivity index (χ3v) is 9.26. The average molecular weight is 581 g/mol. The standard InChI is InChI=1S/C28H40N10S2/c1-17-11-19(3)23(20(4)12-17)15-37(27-31-25(29)33-35-27)7-9-39-40-10-8-38(28-32-26(30)34-36-28)16-24-21(5)13-18(2)14-22(24)6/h11-14H,7-10,15-16H2,1-6H3,(H3,29,31,33,35)(H3,30,32,34,36). The van der Waals surface area contributed by atoms with Crippen LogP contribution >= 0.6 is 21.6 Å². The summed E-state index contributed by atoms with van der Waals surface area (Å²) in [6.07, 6.45) is 0. The molecule has 0 spiro atoms. The molecule has 2 aromatic heterocycles. The van der Waals surface area contributed by atoms with Crippen LogP contribution in [0.3, 0.4) is 0 Å². The van der Waals surface area contributed by atoms with Crippen molar-refractivity contribution in [3.05, 3.63) is 68.8 Å². The van der Waals surface area contributed by atoms with Gasteiger partial charge in [0, 0.05) is 37.7 Å². The van der Waals surface area contributed by atoms with Gasteiger partial charge in [0.1, 0.15) is 0 Å². The maximum absolute atomic E-state index is 5.85. The predicted octanol–water partition coefficient (Wildman–Crippen LogP) is 5.03. The van der Waals surface area contributed by atoms with Crippen molar-refractivity contribution in [3.8, 4) is 0 Å². The molecule has 4 aromatic rings. The molecule has 2 heterocycles. The zero-order valence-corrected chi connectivity index (χ0v) is 25.8. The van der Waals surface area contributed by atoms with Crippen LogP contribution in [-0.2, 0) is 13.1 Å². The van der Waals surface area contributed by atoms with E-state index in [9.17, 15) is 0 Å². The number of rotatable bonds is 13. The second kappa shape index (κ2) is 13.3. The predicted molar refractivity (Wildman–Crippen MR) is 170 cm³/mol. The summed E-state index contributed by atoms with van der Waals surface area (Å²) in [7, 11) is 3.68. The lowest BCUT2D eigenvalue weighted by Gasteiger charge is -2.24. The van der Waals surface area contributed by atoms with E-state index in [1.807, 2.05) is 21.6 Å². The van der Waals surface area contributed by atoms with Gasteiger partial charge < -0.3 is 21.3 Å². The molecule has 214 valence electrons. The van der Waals surface area contributed by atoms with Gasteiger partial charge in [-0.05, 0) is 74.9 Å². The van der Waals surface area contributed by atoms with Gasteiger partial charge in [-0.2, -0.15) is 9.97 Å². The first-order valence-corrected chi connectivity index (χ1v) is 15.8. The monoisotopic (exact) mass is 580 g/mol. The molecule has 0 amide bonds. The molecule has 0 saturated heterocycles. The minimum Gasteiger partial charge on any atom is -0.368 e. The van der Waals surface area contributed by atoms with E-state index < -0.39 is 0 Å². The summed E-state index contributed by atoms with van der Waals surface area (Å²) in [6, 6.07) is 8.91. The van der Waals surface area contributed by atoms with Gasteiger partial charge in [-0.25, -0.2) is 10.2 Å². The fourth-order valence-corrected chi connectivity index (χ4v) is 7.01. The van der Waals surface area contributed by atoms with Gasteiger partial charge >= 0.3 is 0 Å². The highest BCUT2D eigenvalue weighted by Crippen LogP contribution is 2.26. The summed E-state index contributed by atoms with van der Waals surface area (Å²) in [4.78, 5) is 13.2. The van der Waals surface area contributed by atoms with Gasteiger partial charge in [0.15, 0.2) is 0 Å². The maximum Gasteiger partial charge on any atom is 0.246 e. The number of aryl methyl sites for hydroxylation is 6. The van der Waals surface area contributed by atoms with Gasteiger partial charge in [-0.1, -0.05) is 57.0 Å². The van der Waals surface area contributed by atoms with Crippen molar-refractivity contribution in [2.75, 3.05) is 45.9 Å². The Morgan fingerprint density at radius 1 is 0.625 bits per heavy atom. The van der Waals surface area contributed by atoms with Crippen molar-refractivity contribution in [3.63, 3.8) is 0 Å². The third kappa shape index (κ3) is 7.63. The Bertz CT molecular complexity index is 1280. The molecule has 4 rings (SSSR count). The van der Waals surface area contributed by atoms with E-state index in [4.69, 9.17) is 11.5 Å². The van der Waals surface area contributed by atoms with Crippen molar-refractivity contribution in [2.45, 2.75) is 54.6 Å². The molecule has 0 saturated carbocycles. The summed E-state index contributed by atoms with van der Waals surface area (Å²) in [5.41, 5.74) is 22.0. The Morgan fingerprint density at radius 3 is 1.27 bits per heavy atom. The Hall–Kier alpha value is -3.38. The normalized spacial score (nSPS) is 11.2. The topological polar surface area (TPSA) is 142 Å². The van der Waals surface area contributed by atoms with Gasteiger partial charge in [0.05, 0.1) is 0 Å². The number of aromatic amines is 2.